The van der Waals surface area contributed by atoms with E-state index in [2.05, 4.69) is 18.0 Å². The number of hydrogen-bond donors (Lipinski definition) is 1. The van der Waals surface area contributed by atoms with Gasteiger partial charge < -0.3 is 5.41 Å². The lowest BCUT2D eigenvalue weighted by Gasteiger charge is -2.24. The lowest BCUT2D eigenvalue weighted by atomic mass is 9.90. The van der Waals surface area contributed by atoms with E-state index in [-0.39, 0.29) is 5.92 Å². The maximum Gasteiger partial charge on any atom is 0.116 e. The number of nitrogens with one attached hydrogen (secondary N) is 1. The predicted molar refractivity (Wildman–Crippen MR) is 88.6 cm³/mol. The van der Waals surface area contributed by atoms with Crippen molar-refractivity contribution in [2.45, 2.75) is 12.8 Å². The number of hydrogen-bond acceptors (Lipinski definition) is 5. The summed E-state index contributed by atoms with van der Waals surface area (Å²) < 4.78 is 0. The molecule has 0 radical (unpaired) electrons. The van der Waals surface area contributed by atoms with E-state index in [0.717, 1.165) is 16.4 Å². The van der Waals surface area contributed by atoms with Crippen LogP contribution in [0.2, 0.25) is 0 Å². The van der Waals surface area contributed by atoms with Gasteiger partial charge in [-0.05, 0) is 17.6 Å². The first kappa shape index (κ1) is 14.9. The normalized spacial score (nSPS) is 18.8. The lowest BCUT2D eigenvalue weighted by Crippen LogP contribution is -2.25. The third-order valence-electron chi connectivity index (χ3n) is 2.96. The van der Waals surface area contributed by atoms with Crippen molar-refractivity contribution in [3.8, 4) is 6.07 Å². The SMILES string of the molecule is CCSC1=NC(SC)=C(C#N)C(=N)C1c1ccccc1. The second-order valence-electron chi connectivity index (χ2n) is 4.14. The molecule has 1 aromatic rings. The molecule has 0 fully saturated rings. The van der Waals surface area contributed by atoms with E-state index in [1.807, 2.05) is 36.6 Å². The molecule has 1 heterocycles. The monoisotopic (exact) mass is 301 g/mol. The zero-order valence-electron chi connectivity index (χ0n) is 11.4. The van der Waals surface area contributed by atoms with Crippen LogP contribution >= 0.6 is 23.5 Å². The molecule has 0 bridgehead atoms. The van der Waals surface area contributed by atoms with Gasteiger partial charge in [0, 0.05) is 0 Å². The van der Waals surface area contributed by atoms with E-state index < -0.39 is 0 Å². The van der Waals surface area contributed by atoms with Crippen LogP contribution in [0.25, 0.3) is 0 Å². The van der Waals surface area contributed by atoms with Crippen molar-refractivity contribution in [1.29, 1.82) is 10.7 Å². The minimum atomic E-state index is -0.216. The van der Waals surface area contributed by atoms with Crippen LogP contribution in [-0.2, 0) is 0 Å². The molecule has 1 unspecified atom stereocenters. The summed E-state index contributed by atoms with van der Waals surface area (Å²) in [5, 5.41) is 19.3. The zero-order valence-corrected chi connectivity index (χ0v) is 13.0. The summed E-state index contributed by atoms with van der Waals surface area (Å²) in [6.07, 6.45) is 1.89. The first-order chi connectivity index (χ1) is 9.72. The van der Waals surface area contributed by atoms with Crippen molar-refractivity contribution >= 4 is 34.3 Å². The van der Waals surface area contributed by atoms with E-state index in [9.17, 15) is 5.26 Å². The number of nitrogens with zero attached hydrogens (tertiary/aromatic N) is 2. The number of rotatable bonds is 3. The second kappa shape index (κ2) is 6.78. The lowest BCUT2D eigenvalue weighted by molar-refractivity contribution is 1.15. The van der Waals surface area contributed by atoms with Crippen LogP contribution < -0.4 is 0 Å². The van der Waals surface area contributed by atoms with Crippen LogP contribution in [0.3, 0.4) is 0 Å². The average molecular weight is 301 g/mol. The molecule has 1 aromatic carbocycles. The molecular formula is C15H15N3S2. The molecule has 1 aliphatic heterocycles. The number of allylic oxidation sites excluding steroid dienone is 1. The molecule has 0 spiro atoms. The molecule has 0 saturated carbocycles. The van der Waals surface area contributed by atoms with Gasteiger partial charge in [-0.2, -0.15) is 5.26 Å². The minimum Gasteiger partial charge on any atom is -0.303 e. The van der Waals surface area contributed by atoms with Crippen molar-refractivity contribution in [2.75, 3.05) is 12.0 Å². The van der Waals surface area contributed by atoms with Crippen LogP contribution in [0.15, 0.2) is 45.9 Å². The summed E-state index contributed by atoms with van der Waals surface area (Å²) in [6, 6.07) is 12.0. The fraction of sp³-hybridized carbons (Fsp3) is 0.267. The van der Waals surface area contributed by atoms with E-state index >= 15 is 0 Å². The minimum absolute atomic E-state index is 0.216. The Morgan fingerprint density at radius 1 is 1.35 bits per heavy atom. The van der Waals surface area contributed by atoms with Gasteiger partial charge in [0.05, 0.1) is 16.7 Å². The smallest absolute Gasteiger partial charge is 0.116 e. The maximum absolute atomic E-state index is 9.31. The highest BCUT2D eigenvalue weighted by atomic mass is 32.2. The Bertz CT molecular complexity index is 612. The summed E-state index contributed by atoms with van der Waals surface area (Å²) in [7, 11) is 0. The summed E-state index contributed by atoms with van der Waals surface area (Å²) in [6.45, 7) is 2.07. The Hall–Kier alpha value is -1.51. The molecule has 0 aromatic heterocycles. The van der Waals surface area contributed by atoms with Gasteiger partial charge in [-0.15, -0.1) is 23.5 Å². The maximum atomic E-state index is 9.31. The van der Waals surface area contributed by atoms with Crippen molar-refractivity contribution in [3.63, 3.8) is 0 Å². The van der Waals surface area contributed by atoms with Crippen LogP contribution in [0.4, 0.5) is 0 Å². The van der Waals surface area contributed by atoms with Crippen LogP contribution in [0, 0.1) is 16.7 Å². The largest absolute Gasteiger partial charge is 0.303 e. The van der Waals surface area contributed by atoms with Crippen molar-refractivity contribution in [1.82, 2.24) is 0 Å². The highest BCUT2D eigenvalue weighted by molar-refractivity contribution is 8.14. The standard InChI is InChI=1S/C15H15N3S2/c1-3-20-15-12(10-7-5-4-6-8-10)13(17)11(9-16)14(18-15)19-2/h4-8,12,17H,3H2,1-2H3. The number of nitriles is 1. The molecule has 2 rings (SSSR count). The summed E-state index contributed by atoms with van der Waals surface area (Å²) in [5.41, 5.74) is 1.77. The Kier molecular flexibility index (Phi) is 5.05. The van der Waals surface area contributed by atoms with E-state index in [4.69, 9.17) is 5.41 Å². The van der Waals surface area contributed by atoms with Crippen molar-refractivity contribution < 1.29 is 0 Å². The molecule has 0 aliphatic carbocycles. The number of aliphatic imine (C=N–C) groups is 1. The highest BCUT2D eigenvalue weighted by Gasteiger charge is 2.31. The van der Waals surface area contributed by atoms with Crippen LogP contribution in [0.1, 0.15) is 18.4 Å². The Morgan fingerprint density at radius 3 is 2.60 bits per heavy atom. The van der Waals surface area contributed by atoms with Crippen molar-refractivity contribution in [3.05, 3.63) is 46.5 Å². The van der Waals surface area contributed by atoms with Gasteiger partial charge in [-0.25, -0.2) is 4.99 Å². The topological polar surface area (TPSA) is 60.0 Å². The van der Waals surface area contributed by atoms with E-state index in [1.54, 1.807) is 11.8 Å². The molecule has 5 heteroatoms. The summed E-state index contributed by atoms with van der Waals surface area (Å²) in [4.78, 5) is 4.61. The Balaban J connectivity index is 2.53. The highest BCUT2D eigenvalue weighted by Crippen LogP contribution is 2.36. The molecular weight excluding hydrogens is 286 g/mol. The molecule has 3 nitrogen and oxygen atoms in total. The molecule has 20 heavy (non-hydrogen) atoms. The van der Waals surface area contributed by atoms with E-state index in [1.165, 1.54) is 11.8 Å². The van der Waals surface area contributed by atoms with Gasteiger partial charge >= 0.3 is 0 Å². The molecule has 0 saturated heterocycles. The average Bonchev–Trinajstić information content (AvgIpc) is 2.48. The first-order valence-corrected chi connectivity index (χ1v) is 8.47. The van der Waals surface area contributed by atoms with Gasteiger partial charge in [-0.3, -0.25) is 0 Å². The summed E-state index contributed by atoms with van der Waals surface area (Å²) >= 11 is 3.07. The van der Waals surface area contributed by atoms with Crippen molar-refractivity contribution in [2.24, 2.45) is 4.99 Å². The van der Waals surface area contributed by atoms with Gasteiger partial charge in [-0.1, -0.05) is 37.3 Å². The third-order valence-corrected chi connectivity index (χ3v) is 4.55. The Morgan fingerprint density at radius 2 is 2.05 bits per heavy atom. The predicted octanol–water partition coefficient (Wildman–Crippen LogP) is 4.05. The number of benzene rings is 1. The summed E-state index contributed by atoms with van der Waals surface area (Å²) in [5.74, 6) is 0.686. The zero-order chi connectivity index (χ0) is 14.5. The van der Waals surface area contributed by atoms with Crippen LogP contribution in [-0.4, -0.2) is 22.8 Å². The quantitative estimate of drug-likeness (QED) is 0.916. The molecule has 1 aliphatic rings. The number of thioether (sulfide) groups is 2. The van der Waals surface area contributed by atoms with Gasteiger partial charge in [0.1, 0.15) is 16.7 Å². The fourth-order valence-corrected chi connectivity index (χ4v) is 3.56. The fourth-order valence-electron chi connectivity index (χ4n) is 2.08. The molecule has 1 atom stereocenters. The first-order valence-electron chi connectivity index (χ1n) is 6.26. The van der Waals surface area contributed by atoms with Gasteiger partial charge in [0.2, 0.25) is 0 Å². The molecule has 102 valence electrons. The van der Waals surface area contributed by atoms with E-state index in [0.29, 0.717) is 16.3 Å². The second-order valence-corrected chi connectivity index (χ2v) is 6.22. The molecule has 1 N–H and O–H groups in total. The Labute approximate surface area is 127 Å². The van der Waals surface area contributed by atoms with Crippen LogP contribution in [0.5, 0.6) is 0 Å². The van der Waals surface area contributed by atoms with Gasteiger partial charge in [0.15, 0.2) is 0 Å². The van der Waals surface area contributed by atoms with Gasteiger partial charge in [0.25, 0.3) is 0 Å². The molecule has 0 amide bonds. The third kappa shape index (κ3) is 2.82.